The van der Waals surface area contributed by atoms with Gasteiger partial charge >= 0.3 is 6.18 Å². The fourth-order valence-corrected chi connectivity index (χ4v) is 3.12. The predicted molar refractivity (Wildman–Crippen MR) is 118 cm³/mol. The average Bonchev–Trinajstić information content (AvgIpc) is 2.75. The third kappa shape index (κ3) is 5.46. The zero-order valence-electron chi connectivity index (χ0n) is 17.8. The molecule has 0 atom stereocenters. The maximum absolute atomic E-state index is 12.7. The molecule has 0 unspecified atom stereocenters. The molecule has 3 aromatic rings. The maximum atomic E-state index is 12.7. The summed E-state index contributed by atoms with van der Waals surface area (Å²) in [6, 6.07) is 10.2. The van der Waals surface area contributed by atoms with E-state index in [0.717, 1.165) is 34.5 Å². The van der Waals surface area contributed by atoms with E-state index in [1.54, 1.807) is 0 Å². The Balaban J connectivity index is 1.79. The number of nitrogens with one attached hydrogen (secondary N) is 1. The van der Waals surface area contributed by atoms with Crippen LogP contribution in [-0.2, 0) is 19.3 Å². The smallest absolute Gasteiger partial charge is 0.378 e. The van der Waals surface area contributed by atoms with Gasteiger partial charge in [-0.3, -0.25) is 9.69 Å². The normalized spacial score (nSPS) is 11.9. The number of aromatic nitrogens is 3. The Morgan fingerprint density at radius 3 is 2.41 bits per heavy atom. The van der Waals surface area contributed by atoms with Gasteiger partial charge in [0.05, 0.1) is 17.4 Å². The molecule has 1 aromatic carbocycles. The molecule has 0 radical (unpaired) electrons. The Morgan fingerprint density at radius 2 is 1.81 bits per heavy atom. The fourth-order valence-electron chi connectivity index (χ4n) is 2.92. The summed E-state index contributed by atoms with van der Waals surface area (Å²) < 4.78 is 39.0. The van der Waals surface area contributed by atoms with Crippen molar-refractivity contribution in [3.05, 3.63) is 80.9 Å². The van der Waals surface area contributed by atoms with Crippen LogP contribution >= 0.6 is 11.6 Å². The fraction of sp³-hybridized carbons (Fsp3) is 0.318. The van der Waals surface area contributed by atoms with Crippen LogP contribution in [0.3, 0.4) is 0 Å². The Kier molecular flexibility index (Phi) is 7.20. The first-order valence-corrected chi connectivity index (χ1v) is 10.3. The van der Waals surface area contributed by atoms with Gasteiger partial charge in [-0.15, -0.1) is 0 Å². The molecule has 0 aliphatic carbocycles. The van der Waals surface area contributed by atoms with E-state index in [2.05, 4.69) is 34.1 Å². The monoisotopic (exact) mass is 465 g/mol. The zero-order valence-corrected chi connectivity index (χ0v) is 18.6. The van der Waals surface area contributed by atoms with Crippen molar-refractivity contribution in [3.8, 4) is 5.82 Å². The third-order valence-electron chi connectivity index (χ3n) is 5.10. The summed E-state index contributed by atoms with van der Waals surface area (Å²) in [5, 5.41) is 7.01. The third-order valence-corrected chi connectivity index (χ3v) is 5.47. The minimum absolute atomic E-state index is 0.0569. The van der Waals surface area contributed by atoms with E-state index in [1.165, 1.54) is 6.20 Å². The van der Waals surface area contributed by atoms with Crippen LogP contribution in [-0.4, -0.2) is 32.8 Å². The number of pyridine rings is 1. The van der Waals surface area contributed by atoms with Crippen molar-refractivity contribution in [1.82, 2.24) is 19.7 Å². The number of rotatable bonds is 7. The number of anilines is 1. The standard InChI is InChI=1S/C22H23ClF3N5O/c1-14(2)30(3)13-16-7-5-4-6-15(16)10-27-18-12-29-31(21(32)20(18)23)19-9-8-17(11-28-19)22(24,25)26/h4-9,11-12,14,27H,10,13H2,1-3H3. The largest absolute Gasteiger partial charge is 0.417 e. The van der Waals surface area contributed by atoms with Crippen LogP contribution in [0.15, 0.2) is 53.6 Å². The molecule has 170 valence electrons. The van der Waals surface area contributed by atoms with Crippen molar-refractivity contribution in [2.24, 2.45) is 0 Å². The van der Waals surface area contributed by atoms with Crippen LogP contribution in [0, 0.1) is 0 Å². The second-order valence-electron chi connectivity index (χ2n) is 7.62. The summed E-state index contributed by atoms with van der Waals surface area (Å²) in [5.74, 6) is -0.0569. The van der Waals surface area contributed by atoms with E-state index >= 15 is 0 Å². The molecule has 0 saturated heterocycles. The number of halogens is 4. The minimum Gasteiger partial charge on any atom is -0.378 e. The minimum atomic E-state index is -4.52. The van der Waals surface area contributed by atoms with Gasteiger partial charge in [-0.25, -0.2) is 4.98 Å². The van der Waals surface area contributed by atoms with Crippen molar-refractivity contribution in [2.75, 3.05) is 12.4 Å². The lowest BCUT2D eigenvalue weighted by atomic mass is 10.1. The lowest BCUT2D eigenvalue weighted by Gasteiger charge is -2.22. The molecule has 2 heterocycles. The molecule has 0 amide bonds. The molecule has 0 spiro atoms. The van der Waals surface area contributed by atoms with Crippen molar-refractivity contribution in [2.45, 2.75) is 39.2 Å². The van der Waals surface area contributed by atoms with Crippen LogP contribution in [0.2, 0.25) is 5.02 Å². The topological polar surface area (TPSA) is 63.1 Å². The van der Waals surface area contributed by atoms with E-state index in [4.69, 9.17) is 11.6 Å². The van der Waals surface area contributed by atoms with Gasteiger partial charge in [0.25, 0.3) is 5.56 Å². The molecule has 10 heteroatoms. The lowest BCUT2D eigenvalue weighted by molar-refractivity contribution is -0.137. The zero-order chi connectivity index (χ0) is 23.5. The van der Waals surface area contributed by atoms with Gasteiger partial charge in [-0.05, 0) is 44.2 Å². The van der Waals surface area contributed by atoms with Gasteiger partial charge in [0, 0.05) is 25.3 Å². The first-order chi connectivity index (χ1) is 15.1. The van der Waals surface area contributed by atoms with E-state index in [9.17, 15) is 18.0 Å². The molecule has 0 aliphatic rings. The first kappa shape index (κ1) is 23.7. The quantitative estimate of drug-likeness (QED) is 0.545. The second-order valence-corrected chi connectivity index (χ2v) is 8.00. The molecule has 0 fully saturated rings. The molecule has 1 N–H and O–H groups in total. The SMILES string of the molecule is CC(C)N(C)Cc1ccccc1CNc1cnn(-c2ccc(C(F)(F)F)cn2)c(=O)c1Cl. The van der Waals surface area contributed by atoms with Gasteiger partial charge in [-0.2, -0.15) is 23.0 Å². The van der Waals surface area contributed by atoms with Gasteiger partial charge < -0.3 is 5.32 Å². The first-order valence-electron chi connectivity index (χ1n) is 9.90. The van der Waals surface area contributed by atoms with Gasteiger partial charge in [0.15, 0.2) is 5.82 Å². The van der Waals surface area contributed by atoms with Crippen LogP contribution in [0.1, 0.15) is 30.5 Å². The molecular formula is C22H23ClF3N5O. The highest BCUT2D eigenvalue weighted by molar-refractivity contribution is 6.32. The Hall–Kier alpha value is -2.91. The highest BCUT2D eigenvalue weighted by atomic mass is 35.5. The molecular weight excluding hydrogens is 443 g/mol. The summed E-state index contributed by atoms with van der Waals surface area (Å²) in [6.07, 6.45) is -2.52. The molecule has 3 rings (SSSR count). The van der Waals surface area contributed by atoms with Crippen LogP contribution < -0.4 is 10.9 Å². The van der Waals surface area contributed by atoms with E-state index < -0.39 is 17.3 Å². The van der Waals surface area contributed by atoms with Crippen LogP contribution in [0.25, 0.3) is 5.82 Å². The molecule has 2 aromatic heterocycles. The van der Waals surface area contributed by atoms with Crippen LogP contribution in [0.4, 0.5) is 18.9 Å². The highest BCUT2D eigenvalue weighted by Crippen LogP contribution is 2.28. The summed E-state index contributed by atoms with van der Waals surface area (Å²) in [5.41, 5.74) is 0.913. The number of benzene rings is 1. The maximum Gasteiger partial charge on any atom is 0.417 e. The van der Waals surface area contributed by atoms with E-state index in [1.807, 2.05) is 31.3 Å². The van der Waals surface area contributed by atoms with Gasteiger partial charge in [0.1, 0.15) is 5.02 Å². The Bertz CT molecular complexity index is 1130. The van der Waals surface area contributed by atoms with E-state index in [0.29, 0.717) is 24.5 Å². The number of hydrogen-bond donors (Lipinski definition) is 1. The average molecular weight is 466 g/mol. The highest BCUT2D eigenvalue weighted by Gasteiger charge is 2.30. The van der Waals surface area contributed by atoms with Crippen molar-refractivity contribution >= 4 is 17.3 Å². The van der Waals surface area contributed by atoms with Gasteiger partial charge in [0.2, 0.25) is 0 Å². The second kappa shape index (κ2) is 9.70. The van der Waals surface area contributed by atoms with Gasteiger partial charge in [-0.1, -0.05) is 35.9 Å². The molecule has 32 heavy (non-hydrogen) atoms. The summed E-state index contributed by atoms with van der Waals surface area (Å²) in [4.78, 5) is 18.5. The predicted octanol–water partition coefficient (Wildman–Crippen LogP) is 4.75. The molecule has 6 nitrogen and oxygen atoms in total. The molecule has 0 aliphatic heterocycles. The number of hydrogen-bond acceptors (Lipinski definition) is 5. The van der Waals surface area contributed by atoms with Crippen LogP contribution in [0.5, 0.6) is 0 Å². The summed E-state index contributed by atoms with van der Waals surface area (Å²) in [6.45, 7) is 5.42. The number of nitrogens with zero attached hydrogens (tertiary/aromatic N) is 4. The molecule has 0 saturated carbocycles. The number of alkyl halides is 3. The van der Waals surface area contributed by atoms with E-state index in [-0.39, 0.29) is 10.8 Å². The summed E-state index contributed by atoms with van der Waals surface area (Å²) in [7, 11) is 2.05. The Morgan fingerprint density at radius 1 is 1.12 bits per heavy atom. The van der Waals surface area contributed by atoms with Crippen molar-refractivity contribution in [3.63, 3.8) is 0 Å². The van der Waals surface area contributed by atoms with Crippen molar-refractivity contribution < 1.29 is 13.2 Å². The summed E-state index contributed by atoms with van der Waals surface area (Å²) >= 11 is 6.23. The lowest BCUT2D eigenvalue weighted by Crippen LogP contribution is -2.26. The van der Waals surface area contributed by atoms with Crippen molar-refractivity contribution in [1.29, 1.82) is 0 Å². The molecule has 0 bridgehead atoms. The Labute approximate surface area is 188 Å².